The second-order valence-corrected chi connectivity index (χ2v) is 4.37. The minimum atomic E-state index is -0.946. The van der Waals surface area contributed by atoms with Crippen LogP contribution in [0.3, 0.4) is 0 Å². The molecule has 4 N–H and O–H groups in total. The van der Waals surface area contributed by atoms with Gasteiger partial charge in [0.25, 0.3) is 0 Å². The van der Waals surface area contributed by atoms with Crippen LogP contribution in [0.2, 0.25) is 0 Å². The second kappa shape index (κ2) is 4.65. The normalized spacial score (nSPS) is 32.9. The molecular weight excluding hydrogens is 246 g/mol. The molecule has 7 nitrogen and oxygen atoms in total. The molecule has 8 heteroatoms. The number of anilines is 1. The van der Waals surface area contributed by atoms with Crippen molar-refractivity contribution in [1.82, 2.24) is 9.55 Å². The molecule has 94 valence electrons. The van der Waals surface area contributed by atoms with Crippen molar-refractivity contribution in [3.8, 4) is 0 Å². The maximum absolute atomic E-state index is 11.6. The molecule has 1 aliphatic rings. The van der Waals surface area contributed by atoms with E-state index >= 15 is 0 Å². The Morgan fingerprint density at radius 2 is 2.35 bits per heavy atom. The van der Waals surface area contributed by atoms with Gasteiger partial charge in [0, 0.05) is 6.20 Å². The van der Waals surface area contributed by atoms with Gasteiger partial charge < -0.3 is 20.7 Å². The number of aromatic nitrogens is 2. The van der Waals surface area contributed by atoms with Gasteiger partial charge in [0.05, 0.1) is 18.0 Å². The van der Waals surface area contributed by atoms with Crippen LogP contribution < -0.4 is 11.4 Å². The van der Waals surface area contributed by atoms with Crippen LogP contribution >= 0.6 is 12.6 Å². The third-order valence-corrected chi connectivity index (χ3v) is 3.20. The van der Waals surface area contributed by atoms with E-state index in [1.807, 2.05) is 0 Å². The Kier molecular flexibility index (Phi) is 3.38. The Labute approximate surface area is 102 Å². The highest BCUT2D eigenvalue weighted by molar-refractivity contribution is 7.81. The van der Waals surface area contributed by atoms with Gasteiger partial charge in [0.15, 0.2) is 6.23 Å². The van der Waals surface area contributed by atoms with Crippen molar-refractivity contribution in [3.05, 3.63) is 22.7 Å². The predicted molar refractivity (Wildman–Crippen MR) is 62.7 cm³/mol. The highest BCUT2D eigenvalue weighted by Crippen LogP contribution is 2.31. The van der Waals surface area contributed by atoms with Gasteiger partial charge in [-0.2, -0.15) is 17.6 Å². The minimum Gasteiger partial charge on any atom is -0.394 e. The van der Waals surface area contributed by atoms with Crippen molar-refractivity contribution in [1.29, 1.82) is 0 Å². The van der Waals surface area contributed by atoms with Crippen molar-refractivity contribution in [2.24, 2.45) is 0 Å². The molecule has 4 atom stereocenters. The van der Waals surface area contributed by atoms with Gasteiger partial charge in [-0.3, -0.25) is 4.57 Å². The van der Waals surface area contributed by atoms with E-state index in [1.54, 1.807) is 0 Å². The van der Waals surface area contributed by atoms with Gasteiger partial charge in [0.2, 0.25) is 0 Å². The summed E-state index contributed by atoms with van der Waals surface area (Å²) in [5.41, 5.74) is 4.78. The van der Waals surface area contributed by atoms with Crippen LogP contribution in [0.5, 0.6) is 0 Å². The summed E-state index contributed by atoms with van der Waals surface area (Å²) in [7, 11) is 0. The average molecular weight is 259 g/mol. The molecule has 0 aliphatic carbocycles. The fraction of sp³-hybridized carbons (Fsp3) is 0.556. The van der Waals surface area contributed by atoms with Crippen molar-refractivity contribution in [3.63, 3.8) is 0 Å². The molecular formula is C9H13N3O4S. The van der Waals surface area contributed by atoms with Gasteiger partial charge in [-0.15, -0.1) is 0 Å². The van der Waals surface area contributed by atoms with Crippen molar-refractivity contribution in [2.45, 2.75) is 23.7 Å². The fourth-order valence-corrected chi connectivity index (χ4v) is 2.14. The Hall–Kier alpha value is -1.09. The first-order valence-corrected chi connectivity index (χ1v) is 5.53. The topological polar surface area (TPSA) is 111 Å². The van der Waals surface area contributed by atoms with E-state index in [9.17, 15) is 9.90 Å². The third-order valence-electron chi connectivity index (χ3n) is 2.64. The number of ether oxygens (including phenoxy) is 1. The lowest BCUT2D eigenvalue weighted by molar-refractivity contribution is -0.0456. The Balaban J connectivity index is 2.32. The summed E-state index contributed by atoms with van der Waals surface area (Å²) in [6.07, 6.45) is -1.05. The number of nitrogen functional groups attached to an aromatic ring is 1. The molecule has 0 aromatic carbocycles. The summed E-state index contributed by atoms with van der Waals surface area (Å²) in [5.74, 6) is 0.110. The molecule has 0 spiro atoms. The zero-order chi connectivity index (χ0) is 12.6. The van der Waals surface area contributed by atoms with Crippen LogP contribution in [-0.4, -0.2) is 43.8 Å². The molecule has 0 amide bonds. The summed E-state index contributed by atoms with van der Waals surface area (Å²) in [6, 6.07) is 1.45. The van der Waals surface area contributed by atoms with E-state index < -0.39 is 29.4 Å². The van der Waals surface area contributed by atoms with Crippen LogP contribution in [0.15, 0.2) is 17.1 Å². The van der Waals surface area contributed by atoms with E-state index in [-0.39, 0.29) is 12.4 Å². The number of aliphatic hydroxyl groups excluding tert-OH is 2. The van der Waals surface area contributed by atoms with Crippen LogP contribution in [-0.2, 0) is 4.74 Å². The van der Waals surface area contributed by atoms with Gasteiger partial charge in [-0.1, -0.05) is 0 Å². The lowest BCUT2D eigenvalue weighted by Crippen LogP contribution is -2.33. The molecule has 1 fully saturated rings. The highest BCUT2D eigenvalue weighted by atomic mass is 32.1. The minimum absolute atomic E-state index is 0.110. The number of aliphatic hydroxyl groups is 2. The Morgan fingerprint density at radius 1 is 1.65 bits per heavy atom. The summed E-state index contributed by atoms with van der Waals surface area (Å²) >= 11 is 4.18. The maximum atomic E-state index is 11.6. The SMILES string of the molecule is Nc1ccn([C@@H]2O[C@H](CO)[C@@H](O)[C@H]2S)c(=O)n1. The molecule has 1 saturated heterocycles. The highest BCUT2D eigenvalue weighted by Gasteiger charge is 2.42. The molecule has 17 heavy (non-hydrogen) atoms. The van der Waals surface area contributed by atoms with Crippen LogP contribution in [0.4, 0.5) is 5.82 Å². The molecule has 2 rings (SSSR count). The Morgan fingerprint density at radius 3 is 2.88 bits per heavy atom. The molecule has 0 saturated carbocycles. The quantitative estimate of drug-likeness (QED) is 0.475. The first-order valence-electron chi connectivity index (χ1n) is 5.01. The third kappa shape index (κ3) is 2.16. The summed E-state index contributed by atoms with van der Waals surface area (Å²) in [6.45, 7) is -0.341. The van der Waals surface area contributed by atoms with Gasteiger partial charge in [-0.05, 0) is 6.07 Å². The van der Waals surface area contributed by atoms with Crippen LogP contribution in [0.1, 0.15) is 6.23 Å². The number of hydrogen-bond donors (Lipinski definition) is 4. The number of nitrogens with two attached hydrogens (primary N) is 1. The molecule has 1 aliphatic heterocycles. The largest absolute Gasteiger partial charge is 0.394 e. The second-order valence-electron chi connectivity index (χ2n) is 3.77. The smallest absolute Gasteiger partial charge is 0.351 e. The Bertz CT molecular complexity index is 466. The predicted octanol–water partition coefficient (Wildman–Crippen LogP) is -1.63. The fourth-order valence-electron chi connectivity index (χ4n) is 1.73. The van der Waals surface area contributed by atoms with Crippen molar-refractivity contribution in [2.75, 3.05) is 12.3 Å². The van der Waals surface area contributed by atoms with Crippen LogP contribution in [0.25, 0.3) is 0 Å². The van der Waals surface area contributed by atoms with Crippen molar-refractivity contribution >= 4 is 18.4 Å². The number of nitrogens with zero attached hydrogens (tertiary/aromatic N) is 2. The summed E-state index contributed by atoms with van der Waals surface area (Å²) in [5, 5.41) is 18.1. The van der Waals surface area contributed by atoms with Gasteiger partial charge in [-0.25, -0.2) is 4.79 Å². The number of thiol groups is 1. The molecule has 0 bridgehead atoms. The lowest BCUT2D eigenvalue weighted by Gasteiger charge is -2.17. The van der Waals surface area contributed by atoms with E-state index in [0.29, 0.717) is 0 Å². The van der Waals surface area contributed by atoms with E-state index in [2.05, 4.69) is 17.6 Å². The van der Waals surface area contributed by atoms with E-state index in [1.165, 1.54) is 16.8 Å². The monoisotopic (exact) mass is 259 g/mol. The standard InChI is InChI=1S/C9H13N3O4S/c10-5-1-2-12(9(15)11-5)8-7(17)6(14)4(3-13)16-8/h1-2,4,6-8,13-14,17H,3H2,(H2,10,11,15)/t4-,6-,7-,8-/m1/s1. The molecule has 1 aromatic heterocycles. The molecule has 1 aromatic rings. The van der Waals surface area contributed by atoms with Gasteiger partial charge in [0.1, 0.15) is 11.9 Å². The van der Waals surface area contributed by atoms with Gasteiger partial charge >= 0.3 is 5.69 Å². The number of hydrogen-bond acceptors (Lipinski definition) is 7. The summed E-state index contributed by atoms with van der Waals surface area (Å²) < 4.78 is 6.54. The van der Waals surface area contributed by atoms with E-state index in [0.717, 1.165) is 0 Å². The molecule has 2 heterocycles. The van der Waals surface area contributed by atoms with Crippen molar-refractivity contribution < 1.29 is 14.9 Å². The molecule has 0 unspecified atom stereocenters. The zero-order valence-electron chi connectivity index (χ0n) is 8.80. The average Bonchev–Trinajstić information content (AvgIpc) is 2.57. The maximum Gasteiger partial charge on any atom is 0.351 e. The lowest BCUT2D eigenvalue weighted by atomic mass is 10.2. The summed E-state index contributed by atoms with van der Waals surface area (Å²) in [4.78, 5) is 15.1. The molecule has 0 radical (unpaired) electrons. The zero-order valence-corrected chi connectivity index (χ0v) is 9.70. The number of rotatable bonds is 2. The van der Waals surface area contributed by atoms with E-state index in [4.69, 9.17) is 15.6 Å². The first-order chi connectivity index (χ1) is 8.04. The first kappa shape index (κ1) is 12.4. The van der Waals surface area contributed by atoms with Crippen LogP contribution in [0, 0.1) is 0 Å².